The largest absolute Gasteiger partial charge is 0.378 e. The Hall–Kier alpha value is -1.87. The third-order valence-corrected chi connectivity index (χ3v) is 4.59. The Morgan fingerprint density at radius 3 is 2.81 bits per heavy atom. The first-order valence-corrected chi connectivity index (χ1v) is 7.55. The van der Waals surface area contributed by atoms with Crippen molar-refractivity contribution in [3.8, 4) is 0 Å². The Morgan fingerprint density at radius 2 is 1.95 bits per heavy atom. The highest BCUT2D eigenvalue weighted by atomic mass is 19.1. The molecule has 2 aliphatic rings. The van der Waals surface area contributed by atoms with Crippen LogP contribution in [0, 0.1) is 11.7 Å². The number of hydrogen-bond donors (Lipinski definition) is 1. The second kappa shape index (κ2) is 5.15. The number of anilines is 1. The Bertz CT molecular complexity index is 643. The Kier molecular flexibility index (Phi) is 3.15. The molecule has 0 bridgehead atoms. The van der Waals surface area contributed by atoms with Gasteiger partial charge in [0.2, 0.25) is 0 Å². The molecule has 2 nitrogen and oxygen atoms in total. The van der Waals surface area contributed by atoms with E-state index in [0.717, 1.165) is 30.7 Å². The van der Waals surface area contributed by atoms with Crippen molar-refractivity contribution in [1.82, 2.24) is 0 Å². The van der Waals surface area contributed by atoms with Crippen molar-refractivity contribution in [1.29, 1.82) is 0 Å². The molecule has 1 saturated heterocycles. The van der Waals surface area contributed by atoms with Gasteiger partial charge in [0.05, 0.1) is 12.1 Å². The van der Waals surface area contributed by atoms with Crippen molar-refractivity contribution in [2.45, 2.75) is 25.0 Å². The number of nitrogens with one attached hydrogen (secondary N) is 1. The minimum absolute atomic E-state index is 0.00379. The van der Waals surface area contributed by atoms with E-state index in [4.69, 9.17) is 4.74 Å². The zero-order valence-corrected chi connectivity index (χ0v) is 11.8. The predicted octanol–water partition coefficient (Wildman–Crippen LogP) is 4.46. The highest BCUT2D eigenvalue weighted by Gasteiger charge is 2.39. The summed E-state index contributed by atoms with van der Waals surface area (Å²) in [5.41, 5.74) is 3.23. The summed E-state index contributed by atoms with van der Waals surface area (Å²) in [5.74, 6) is 0.164. The fourth-order valence-electron chi connectivity index (χ4n) is 3.63. The van der Waals surface area contributed by atoms with Gasteiger partial charge in [-0.3, -0.25) is 0 Å². The van der Waals surface area contributed by atoms with E-state index in [1.807, 2.05) is 12.1 Å². The van der Waals surface area contributed by atoms with Crippen LogP contribution in [0.1, 0.15) is 36.1 Å². The van der Waals surface area contributed by atoms with Crippen molar-refractivity contribution >= 4 is 5.69 Å². The van der Waals surface area contributed by atoms with Gasteiger partial charge in [0.25, 0.3) is 0 Å². The molecule has 1 fully saturated rings. The average molecular weight is 283 g/mol. The molecule has 0 amide bonds. The number of hydrogen-bond acceptors (Lipinski definition) is 2. The van der Waals surface area contributed by atoms with Crippen molar-refractivity contribution in [2.24, 2.45) is 5.92 Å². The molecule has 2 aromatic rings. The highest BCUT2D eigenvalue weighted by molar-refractivity contribution is 5.57. The first kappa shape index (κ1) is 12.8. The van der Waals surface area contributed by atoms with Gasteiger partial charge in [0, 0.05) is 23.8 Å². The lowest BCUT2D eigenvalue weighted by atomic mass is 9.77. The lowest BCUT2D eigenvalue weighted by Crippen LogP contribution is -2.36. The van der Waals surface area contributed by atoms with Gasteiger partial charge in [-0.15, -0.1) is 0 Å². The molecule has 2 aromatic carbocycles. The molecule has 1 N–H and O–H groups in total. The summed E-state index contributed by atoms with van der Waals surface area (Å²) < 4.78 is 19.6. The average Bonchev–Trinajstić information content (AvgIpc) is 2.55. The van der Waals surface area contributed by atoms with Gasteiger partial charge < -0.3 is 10.1 Å². The summed E-state index contributed by atoms with van der Waals surface area (Å²) in [7, 11) is 0. The van der Waals surface area contributed by atoms with Gasteiger partial charge in [0.15, 0.2) is 0 Å². The molecular formula is C18H18FNO. The molecule has 0 aliphatic carbocycles. The van der Waals surface area contributed by atoms with Crippen LogP contribution in [0.3, 0.4) is 0 Å². The highest BCUT2D eigenvalue weighted by Crippen LogP contribution is 2.49. The van der Waals surface area contributed by atoms with Crippen LogP contribution in [0.4, 0.5) is 10.1 Å². The first-order valence-electron chi connectivity index (χ1n) is 7.55. The second-order valence-electron chi connectivity index (χ2n) is 5.86. The van der Waals surface area contributed by atoms with Crippen LogP contribution in [0.5, 0.6) is 0 Å². The molecule has 0 unspecified atom stereocenters. The maximum absolute atomic E-state index is 13.6. The van der Waals surface area contributed by atoms with Crippen molar-refractivity contribution in [2.75, 3.05) is 11.9 Å². The van der Waals surface area contributed by atoms with Gasteiger partial charge in [-0.05, 0) is 36.6 Å². The fraction of sp³-hybridized carbons (Fsp3) is 0.333. The van der Waals surface area contributed by atoms with E-state index < -0.39 is 0 Å². The summed E-state index contributed by atoms with van der Waals surface area (Å²) in [6.07, 6.45) is 2.17. The van der Waals surface area contributed by atoms with Gasteiger partial charge in [-0.1, -0.05) is 30.3 Å². The molecule has 21 heavy (non-hydrogen) atoms. The van der Waals surface area contributed by atoms with E-state index in [0.29, 0.717) is 5.92 Å². The zero-order chi connectivity index (χ0) is 14.2. The topological polar surface area (TPSA) is 21.3 Å². The molecule has 2 heterocycles. The number of halogens is 1. The van der Waals surface area contributed by atoms with Crippen LogP contribution < -0.4 is 5.32 Å². The SMILES string of the molecule is Fc1ccc2c(c1)[C@@H]1OCCC[C@H]1[C@H](c1ccccc1)N2. The zero-order valence-electron chi connectivity index (χ0n) is 11.8. The maximum Gasteiger partial charge on any atom is 0.123 e. The van der Waals surface area contributed by atoms with E-state index in [2.05, 4.69) is 29.6 Å². The van der Waals surface area contributed by atoms with E-state index in [1.165, 1.54) is 11.6 Å². The molecule has 4 rings (SSSR count). The maximum atomic E-state index is 13.6. The Labute approximate surface area is 123 Å². The summed E-state index contributed by atoms with van der Waals surface area (Å²) in [6.45, 7) is 0.763. The summed E-state index contributed by atoms with van der Waals surface area (Å²) in [5, 5.41) is 3.59. The van der Waals surface area contributed by atoms with Crippen LogP contribution in [-0.4, -0.2) is 6.61 Å². The quantitative estimate of drug-likeness (QED) is 0.834. The fourth-order valence-corrected chi connectivity index (χ4v) is 3.63. The molecule has 0 aromatic heterocycles. The lowest BCUT2D eigenvalue weighted by molar-refractivity contribution is -0.0382. The number of rotatable bonds is 1. The smallest absolute Gasteiger partial charge is 0.123 e. The van der Waals surface area contributed by atoms with E-state index in [1.54, 1.807) is 6.07 Å². The Balaban J connectivity index is 1.79. The standard InChI is InChI=1S/C18H18FNO/c19-13-8-9-16-15(11-13)18-14(7-4-10-21-18)17(20-16)12-5-2-1-3-6-12/h1-3,5-6,8-9,11,14,17-18,20H,4,7,10H2/t14-,17-,18+/m0/s1. The minimum Gasteiger partial charge on any atom is -0.378 e. The van der Waals surface area contributed by atoms with Gasteiger partial charge in [-0.25, -0.2) is 4.39 Å². The van der Waals surface area contributed by atoms with Gasteiger partial charge in [-0.2, -0.15) is 0 Å². The summed E-state index contributed by atoms with van der Waals surface area (Å²) in [6, 6.07) is 15.7. The van der Waals surface area contributed by atoms with E-state index >= 15 is 0 Å². The first-order chi connectivity index (χ1) is 10.3. The number of benzene rings is 2. The molecule has 0 saturated carbocycles. The van der Waals surface area contributed by atoms with Gasteiger partial charge >= 0.3 is 0 Å². The van der Waals surface area contributed by atoms with Crippen molar-refractivity contribution in [3.05, 3.63) is 65.5 Å². The van der Waals surface area contributed by atoms with Crippen LogP contribution in [0.15, 0.2) is 48.5 Å². The van der Waals surface area contributed by atoms with Crippen molar-refractivity contribution < 1.29 is 9.13 Å². The van der Waals surface area contributed by atoms with E-state index in [-0.39, 0.29) is 18.0 Å². The second-order valence-corrected chi connectivity index (χ2v) is 5.86. The molecule has 108 valence electrons. The van der Waals surface area contributed by atoms with Crippen LogP contribution in [-0.2, 0) is 4.74 Å². The third-order valence-electron chi connectivity index (χ3n) is 4.59. The predicted molar refractivity (Wildman–Crippen MR) is 80.6 cm³/mol. The van der Waals surface area contributed by atoms with Gasteiger partial charge in [0.1, 0.15) is 5.82 Å². The minimum atomic E-state index is -0.193. The molecule has 0 spiro atoms. The third kappa shape index (κ3) is 2.22. The number of fused-ring (bicyclic) bond motifs is 3. The summed E-state index contributed by atoms with van der Waals surface area (Å²) in [4.78, 5) is 0. The van der Waals surface area contributed by atoms with E-state index in [9.17, 15) is 4.39 Å². The lowest BCUT2D eigenvalue weighted by Gasteiger charge is -2.43. The van der Waals surface area contributed by atoms with Crippen LogP contribution in [0.25, 0.3) is 0 Å². The normalized spacial score (nSPS) is 27.4. The Morgan fingerprint density at radius 1 is 1.10 bits per heavy atom. The molecule has 2 aliphatic heterocycles. The van der Waals surface area contributed by atoms with Crippen molar-refractivity contribution in [3.63, 3.8) is 0 Å². The molecular weight excluding hydrogens is 265 g/mol. The monoisotopic (exact) mass is 283 g/mol. The van der Waals surface area contributed by atoms with Crippen LogP contribution in [0.2, 0.25) is 0 Å². The molecule has 3 heteroatoms. The summed E-state index contributed by atoms with van der Waals surface area (Å²) >= 11 is 0. The van der Waals surface area contributed by atoms with Crippen LogP contribution >= 0.6 is 0 Å². The molecule has 3 atom stereocenters. The number of ether oxygens (including phenoxy) is 1. The molecule has 0 radical (unpaired) electrons.